The highest BCUT2D eigenvalue weighted by atomic mass is 19.1. The van der Waals surface area contributed by atoms with Gasteiger partial charge in [-0.1, -0.05) is 0 Å². The number of rotatable bonds is 2. The standard InChI is InChI=1S/C11H8FNO/c12-10-4-3-8(6-9(10)7-14)11-2-1-5-13-11/h1-7,13H. The Kier molecular flexibility index (Phi) is 2.14. The molecule has 14 heavy (non-hydrogen) atoms. The maximum atomic E-state index is 13.0. The van der Waals surface area contributed by atoms with Gasteiger partial charge in [0.15, 0.2) is 6.29 Å². The van der Waals surface area contributed by atoms with Crippen LogP contribution in [-0.4, -0.2) is 11.3 Å². The molecule has 0 fully saturated rings. The average molecular weight is 189 g/mol. The molecule has 0 saturated heterocycles. The van der Waals surface area contributed by atoms with Crippen molar-refractivity contribution < 1.29 is 9.18 Å². The number of carbonyl (C=O) groups is 1. The molecular weight excluding hydrogens is 181 g/mol. The Labute approximate surface area is 80.4 Å². The second-order valence-corrected chi connectivity index (χ2v) is 2.94. The topological polar surface area (TPSA) is 32.9 Å². The summed E-state index contributed by atoms with van der Waals surface area (Å²) in [4.78, 5) is 13.5. The summed E-state index contributed by atoms with van der Waals surface area (Å²) in [6.45, 7) is 0. The average Bonchev–Trinajstić information content (AvgIpc) is 2.71. The van der Waals surface area contributed by atoms with E-state index in [9.17, 15) is 9.18 Å². The summed E-state index contributed by atoms with van der Waals surface area (Å²) < 4.78 is 13.0. The first-order chi connectivity index (χ1) is 6.81. The molecule has 1 aromatic heterocycles. The minimum absolute atomic E-state index is 0.0806. The van der Waals surface area contributed by atoms with Crippen molar-refractivity contribution in [1.29, 1.82) is 0 Å². The lowest BCUT2D eigenvalue weighted by Crippen LogP contribution is -1.88. The number of benzene rings is 1. The molecular formula is C11H8FNO. The number of halogens is 1. The van der Waals surface area contributed by atoms with Gasteiger partial charge in [0.25, 0.3) is 0 Å². The van der Waals surface area contributed by atoms with E-state index in [0.717, 1.165) is 11.3 Å². The van der Waals surface area contributed by atoms with Crippen LogP contribution in [0.25, 0.3) is 11.3 Å². The fourth-order valence-corrected chi connectivity index (χ4v) is 1.31. The van der Waals surface area contributed by atoms with Crippen LogP contribution >= 0.6 is 0 Å². The number of H-pyrrole nitrogens is 1. The summed E-state index contributed by atoms with van der Waals surface area (Å²) in [7, 11) is 0. The molecule has 70 valence electrons. The lowest BCUT2D eigenvalue weighted by Gasteiger charge is -1.99. The predicted octanol–water partition coefficient (Wildman–Crippen LogP) is 2.63. The number of hydrogen-bond donors (Lipinski definition) is 1. The summed E-state index contributed by atoms with van der Waals surface area (Å²) in [5.41, 5.74) is 1.75. The summed E-state index contributed by atoms with van der Waals surface area (Å²) in [5.74, 6) is -0.490. The predicted molar refractivity (Wildman–Crippen MR) is 51.6 cm³/mol. The zero-order valence-corrected chi connectivity index (χ0v) is 7.33. The molecule has 0 amide bonds. The van der Waals surface area contributed by atoms with Gasteiger partial charge < -0.3 is 4.98 Å². The lowest BCUT2D eigenvalue weighted by atomic mass is 10.1. The van der Waals surface area contributed by atoms with Crippen LogP contribution in [0.3, 0.4) is 0 Å². The summed E-state index contributed by atoms with van der Waals surface area (Å²) >= 11 is 0. The van der Waals surface area contributed by atoms with E-state index in [1.54, 1.807) is 12.3 Å². The van der Waals surface area contributed by atoms with E-state index in [-0.39, 0.29) is 5.56 Å². The van der Waals surface area contributed by atoms with E-state index >= 15 is 0 Å². The number of aromatic amines is 1. The molecule has 0 aliphatic rings. The Bertz CT molecular complexity index is 448. The molecule has 0 aliphatic heterocycles. The van der Waals surface area contributed by atoms with Gasteiger partial charge in [0, 0.05) is 11.9 Å². The van der Waals surface area contributed by atoms with Gasteiger partial charge in [-0.15, -0.1) is 0 Å². The molecule has 0 unspecified atom stereocenters. The van der Waals surface area contributed by atoms with Gasteiger partial charge in [0.05, 0.1) is 5.56 Å². The molecule has 2 nitrogen and oxygen atoms in total. The van der Waals surface area contributed by atoms with E-state index in [4.69, 9.17) is 0 Å². The quantitative estimate of drug-likeness (QED) is 0.724. The molecule has 0 radical (unpaired) electrons. The zero-order valence-electron chi connectivity index (χ0n) is 7.33. The number of aldehydes is 1. The highest BCUT2D eigenvalue weighted by Gasteiger charge is 2.03. The van der Waals surface area contributed by atoms with E-state index in [0.29, 0.717) is 6.29 Å². The fraction of sp³-hybridized carbons (Fsp3) is 0. The van der Waals surface area contributed by atoms with Crippen molar-refractivity contribution in [3.05, 3.63) is 47.9 Å². The fourth-order valence-electron chi connectivity index (χ4n) is 1.31. The Hall–Kier alpha value is -1.90. The normalized spacial score (nSPS) is 10.1. The van der Waals surface area contributed by atoms with Gasteiger partial charge >= 0.3 is 0 Å². The van der Waals surface area contributed by atoms with Crippen LogP contribution in [-0.2, 0) is 0 Å². The number of nitrogens with one attached hydrogen (secondary N) is 1. The van der Waals surface area contributed by atoms with Crippen molar-refractivity contribution in [2.24, 2.45) is 0 Å². The highest BCUT2D eigenvalue weighted by molar-refractivity contribution is 5.78. The third-order valence-electron chi connectivity index (χ3n) is 2.03. The van der Waals surface area contributed by atoms with E-state index in [2.05, 4.69) is 4.98 Å². The van der Waals surface area contributed by atoms with Crippen molar-refractivity contribution in [3.8, 4) is 11.3 Å². The first kappa shape index (κ1) is 8.69. The Morgan fingerprint density at radius 2 is 2.14 bits per heavy atom. The van der Waals surface area contributed by atoms with Crippen molar-refractivity contribution in [2.75, 3.05) is 0 Å². The van der Waals surface area contributed by atoms with Crippen LogP contribution in [0.15, 0.2) is 36.5 Å². The van der Waals surface area contributed by atoms with Crippen LogP contribution in [0.4, 0.5) is 4.39 Å². The van der Waals surface area contributed by atoms with Crippen LogP contribution in [0.5, 0.6) is 0 Å². The van der Waals surface area contributed by atoms with Crippen LogP contribution in [0.2, 0.25) is 0 Å². The summed E-state index contributed by atoms with van der Waals surface area (Å²) in [5, 5.41) is 0. The zero-order chi connectivity index (χ0) is 9.97. The Balaban J connectivity index is 2.51. The van der Waals surface area contributed by atoms with Crippen LogP contribution < -0.4 is 0 Å². The SMILES string of the molecule is O=Cc1cc(-c2ccc[nH]2)ccc1F. The lowest BCUT2D eigenvalue weighted by molar-refractivity contribution is 0.112. The van der Waals surface area contributed by atoms with Crippen LogP contribution in [0, 0.1) is 5.82 Å². The largest absolute Gasteiger partial charge is 0.361 e. The third-order valence-corrected chi connectivity index (χ3v) is 2.03. The molecule has 0 atom stereocenters. The van der Waals surface area contributed by atoms with Crippen molar-refractivity contribution in [1.82, 2.24) is 4.98 Å². The second kappa shape index (κ2) is 3.46. The van der Waals surface area contributed by atoms with E-state index in [1.807, 2.05) is 12.1 Å². The first-order valence-electron chi connectivity index (χ1n) is 4.20. The van der Waals surface area contributed by atoms with Crippen molar-refractivity contribution in [3.63, 3.8) is 0 Å². The summed E-state index contributed by atoms with van der Waals surface area (Å²) in [6, 6.07) is 8.16. The van der Waals surface area contributed by atoms with Gasteiger partial charge in [0.1, 0.15) is 5.82 Å². The minimum Gasteiger partial charge on any atom is -0.361 e. The molecule has 1 heterocycles. The van der Waals surface area contributed by atoms with Gasteiger partial charge in [0.2, 0.25) is 0 Å². The minimum atomic E-state index is -0.490. The molecule has 0 saturated carbocycles. The van der Waals surface area contributed by atoms with E-state index < -0.39 is 5.82 Å². The molecule has 3 heteroatoms. The monoisotopic (exact) mass is 189 g/mol. The number of hydrogen-bond acceptors (Lipinski definition) is 1. The maximum absolute atomic E-state index is 13.0. The molecule has 0 bridgehead atoms. The smallest absolute Gasteiger partial charge is 0.153 e. The van der Waals surface area contributed by atoms with Crippen molar-refractivity contribution >= 4 is 6.29 Å². The molecule has 2 rings (SSSR count). The Morgan fingerprint density at radius 1 is 1.29 bits per heavy atom. The number of aromatic nitrogens is 1. The van der Waals surface area contributed by atoms with Gasteiger partial charge in [-0.25, -0.2) is 4.39 Å². The van der Waals surface area contributed by atoms with Crippen LogP contribution in [0.1, 0.15) is 10.4 Å². The van der Waals surface area contributed by atoms with Gasteiger partial charge in [-0.05, 0) is 35.9 Å². The molecule has 2 aromatic rings. The molecule has 1 aromatic carbocycles. The number of carbonyl (C=O) groups excluding carboxylic acids is 1. The highest BCUT2D eigenvalue weighted by Crippen LogP contribution is 2.19. The van der Waals surface area contributed by atoms with Gasteiger partial charge in [-0.3, -0.25) is 4.79 Å². The maximum Gasteiger partial charge on any atom is 0.153 e. The molecule has 1 N–H and O–H groups in total. The molecule has 0 aliphatic carbocycles. The summed E-state index contributed by atoms with van der Waals surface area (Å²) in [6.07, 6.45) is 2.29. The van der Waals surface area contributed by atoms with Gasteiger partial charge in [-0.2, -0.15) is 0 Å². The van der Waals surface area contributed by atoms with E-state index in [1.165, 1.54) is 12.1 Å². The first-order valence-corrected chi connectivity index (χ1v) is 4.20. The second-order valence-electron chi connectivity index (χ2n) is 2.94. The molecule has 0 spiro atoms. The third kappa shape index (κ3) is 1.44. The Morgan fingerprint density at radius 3 is 2.79 bits per heavy atom. The van der Waals surface area contributed by atoms with Crippen molar-refractivity contribution in [2.45, 2.75) is 0 Å².